The summed E-state index contributed by atoms with van der Waals surface area (Å²) in [5.74, 6) is 1.17. The molecule has 4 rings (SSSR count). The molecule has 4 nitrogen and oxygen atoms in total. The van der Waals surface area contributed by atoms with Crippen molar-refractivity contribution in [2.75, 3.05) is 5.32 Å². The molecule has 0 atom stereocenters. The van der Waals surface area contributed by atoms with Crippen molar-refractivity contribution in [2.24, 2.45) is 0 Å². The number of carbonyl (C=O) groups excluding carboxylic acids is 1. The molecule has 1 aliphatic rings. The standard InChI is InChI=1S/C17H14N2O2/c20-16(11-4-2-1-3-5-11)18-13-8-9-14-15(10-13)21-17(19-14)12-6-7-12/h1-5,8-10,12H,6-7H2,(H,18,20). The zero-order chi connectivity index (χ0) is 14.2. The first-order chi connectivity index (χ1) is 10.3. The average Bonchev–Trinajstić information content (AvgIpc) is 3.28. The minimum absolute atomic E-state index is 0.128. The van der Waals surface area contributed by atoms with Crippen LogP contribution in [0.4, 0.5) is 5.69 Å². The van der Waals surface area contributed by atoms with Gasteiger partial charge in [0.05, 0.1) is 0 Å². The van der Waals surface area contributed by atoms with Gasteiger partial charge in [0.25, 0.3) is 5.91 Å². The molecule has 1 saturated carbocycles. The largest absolute Gasteiger partial charge is 0.440 e. The number of hydrogen-bond donors (Lipinski definition) is 1. The molecule has 1 aliphatic carbocycles. The number of amides is 1. The summed E-state index contributed by atoms with van der Waals surface area (Å²) in [4.78, 5) is 16.6. The van der Waals surface area contributed by atoms with Crippen LogP contribution in [0.3, 0.4) is 0 Å². The van der Waals surface area contributed by atoms with Gasteiger partial charge in [-0.25, -0.2) is 4.98 Å². The molecule has 2 aromatic carbocycles. The van der Waals surface area contributed by atoms with Crippen LogP contribution in [0.15, 0.2) is 52.9 Å². The van der Waals surface area contributed by atoms with Crippen LogP contribution in [0, 0.1) is 0 Å². The predicted octanol–water partition coefficient (Wildman–Crippen LogP) is 3.96. The maximum Gasteiger partial charge on any atom is 0.255 e. The Morgan fingerprint density at radius 1 is 1.14 bits per heavy atom. The Balaban J connectivity index is 1.60. The molecule has 0 aliphatic heterocycles. The number of oxazole rings is 1. The van der Waals surface area contributed by atoms with Crippen molar-refractivity contribution in [1.29, 1.82) is 0 Å². The van der Waals surface area contributed by atoms with Gasteiger partial charge in [-0.1, -0.05) is 18.2 Å². The van der Waals surface area contributed by atoms with Crippen molar-refractivity contribution in [3.63, 3.8) is 0 Å². The summed E-state index contributed by atoms with van der Waals surface area (Å²) >= 11 is 0. The van der Waals surface area contributed by atoms with Gasteiger partial charge in [0.1, 0.15) is 5.52 Å². The van der Waals surface area contributed by atoms with Gasteiger partial charge in [0, 0.05) is 23.2 Å². The molecule has 1 aromatic heterocycles. The second kappa shape index (κ2) is 4.74. The second-order valence-corrected chi connectivity index (χ2v) is 5.33. The molecule has 1 N–H and O–H groups in total. The first kappa shape index (κ1) is 12.1. The summed E-state index contributed by atoms with van der Waals surface area (Å²) in [6.07, 6.45) is 2.31. The number of nitrogens with zero attached hydrogens (tertiary/aromatic N) is 1. The number of carbonyl (C=O) groups is 1. The lowest BCUT2D eigenvalue weighted by molar-refractivity contribution is 0.102. The molecule has 0 saturated heterocycles. The van der Waals surface area contributed by atoms with E-state index in [0.717, 1.165) is 35.5 Å². The average molecular weight is 278 g/mol. The maximum atomic E-state index is 12.1. The smallest absolute Gasteiger partial charge is 0.255 e. The predicted molar refractivity (Wildman–Crippen MR) is 80.4 cm³/mol. The number of nitrogens with one attached hydrogen (secondary N) is 1. The van der Waals surface area contributed by atoms with Crippen molar-refractivity contribution >= 4 is 22.7 Å². The van der Waals surface area contributed by atoms with E-state index in [1.54, 1.807) is 12.1 Å². The first-order valence-corrected chi connectivity index (χ1v) is 7.06. The van der Waals surface area contributed by atoms with Gasteiger partial charge >= 0.3 is 0 Å². The van der Waals surface area contributed by atoms with Crippen molar-refractivity contribution < 1.29 is 9.21 Å². The van der Waals surface area contributed by atoms with Gasteiger partial charge in [0.15, 0.2) is 11.5 Å². The molecule has 3 aromatic rings. The Hall–Kier alpha value is -2.62. The Bertz CT molecular complexity index is 804. The van der Waals surface area contributed by atoms with Gasteiger partial charge < -0.3 is 9.73 Å². The summed E-state index contributed by atoms with van der Waals surface area (Å²) in [6, 6.07) is 14.7. The maximum absolute atomic E-state index is 12.1. The minimum Gasteiger partial charge on any atom is -0.440 e. The summed E-state index contributed by atoms with van der Waals surface area (Å²) in [5, 5.41) is 2.88. The number of aromatic nitrogens is 1. The summed E-state index contributed by atoms with van der Waals surface area (Å²) in [5.41, 5.74) is 2.92. The van der Waals surface area contributed by atoms with Crippen LogP contribution in [0.5, 0.6) is 0 Å². The fraction of sp³-hybridized carbons (Fsp3) is 0.176. The summed E-state index contributed by atoms with van der Waals surface area (Å²) in [7, 11) is 0. The lowest BCUT2D eigenvalue weighted by atomic mass is 10.2. The number of hydrogen-bond acceptors (Lipinski definition) is 3. The van der Waals surface area contributed by atoms with Gasteiger partial charge in [-0.05, 0) is 37.1 Å². The van der Waals surface area contributed by atoms with E-state index in [-0.39, 0.29) is 5.91 Å². The molecular weight excluding hydrogens is 264 g/mol. The fourth-order valence-corrected chi connectivity index (χ4v) is 2.32. The summed E-state index contributed by atoms with van der Waals surface area (Å²) in [6.45, 7) is 0. The van der Waals surface area contributed by atoms with Crippen LogP contribution < -0.4 is 5.32 Å². The Kier molecular flexibility index (Phi) is 2.74. The van der Waals surface area contributed by atoms with Gasteiger partial charge in [-0.2, -0.15) is 0 Å². The molecule has 0 bridgehead atoms. The molecule has 0 spiro atoms. The fourth-order valence-electron chi connectivity index (χ4n) is 2.32. The lowest BCUT2D eigenvalue weighted by Crippen LogP contribution is -2.11. The van der Waals surface area contributed by atoms with Crippen LogP contribution in [-0.2, 0) is 0 Å². The van der Waals surface area contributed by atoms with Crippen LogP contribution in [0.25, 0.3) is 11.1 Å². The van der Waals surface area contributed by atoms with Gasteiger partial charge in [-0.15, -0.1) is 0 Å². The highest BCUT2D eigenvalue weighted by atomic mass is 16.3. The van der Waals surface area contributed by atoms with Crippen LogP contribution in [0.1, 0.15) is 35.0 Å². The minimum atomic E-state index is -0.128. The summed E-state index contributed by atoms with van der Waals surface area (Å²) < 4.78 is 5.76. The first-order valence-electron chi connectivity index (χ1n) is 7.06. The van der Waals surface area contributed by atoms with E-state index in [1.807, 2.05) is 36.4 Å². The van der Waals surface area contributed by atoms with Crippen molar-refractivity contribution in [3.8, 4) is 0 Å². The molecule has 1 fully saturated rings. The van der Waals surface area contributed by atoms with E-state index >= 15 is 0 Å². The highest BCUT2D eigenvalue weighted by Crippen LogP contribution is 2.40. The number of fused-ring (bicyclic) bond motifs is 1. The number of anilines is 1. The SMILES string of the molecule is O=C(Nc1ccc2nc(C3CC3)oc2c1)c1ccccc1. The van der Waals surface area contributed by atoms with Gasteiger partial charge in [-0.3, -0.25) is 4.79 Å². The zero-order valence-electron chi connectivity index (χ0n) is 11.4. The Morgan fingerprint density at radius 2 is 1.95 bits per heavy atom. The molecule has 4 heteroatoms. The van der Waals surface area contributed by atoms with Crippen LogP contribution in [0.2, 0.25) is 0 Å². The molecule has 1 amide bonds. The lowest BCUT2D eigenvalue weighted by Gasteiger charge is -2.04. The third-order valence-electron chi connectivity index (χ3n) is 3.63. The highest BCUT2D eigenvalue weighted by molar-refractivity contribution is 6.04. The topological polar surface area (TPSA) is 55.1 Å². The second-order valence-electron chi connectivity index (χ2n) is 5.33. The van der Waals surface area contributed by atoms with Crippen molar-refractivity contribution in [3.05, 3.63) is 60.0 Å². The van der Waals surface area contributed by atoms with Crippen molar-refractivity contribution in [2.45, 2.75) is 18.8 Å². The van der Waals surface area contributed by atoms with E-state index in [0.29, 0.717) is 11.5 Å². The Labute approximate surface area is 121 Å². The van der Waals surface area contributed by atoms with E-state index in [4.69, 9.17) is 4.42 Å². The third kappa shape index (κ3) is 2.40. The van der Waals surface area contributed by atoms with E-state index in [9.17, 15) is 4.79 Å². The molecule has 0 radical (unpaired) electrons. The van der Waals surface area contributed by atoms with Gasteiger partial charge in [0.2, 0.25) is 0 Å². The van der Waals surface area contributed by atoms with Crippen LogP contribution >= 0.6 is 0 Å². The number of benzene rings is 2. The normalized spacial score (nSPS) is 14.3. The van der Waals surface area contributed by atoms with E-state index in [1.165, 1.54) is 0 Å². The molecular formula is C17H14N2O2. The molecule has 0 unspecified atom stereocenters. The van der Waals surface area contributed by atoms with E-state index < -0.39 is 0 Å². The van der Waals surface area contributed by atoms with Crippen molar-refractivity contribution in [1.82, 2.24) is 4.98 Å². The third-order valence-corrected chi connectivity index (χ3v) is 3.63. The molecule has 104 valence electrons. The highest BCUT2D eigenvalue weighted by Gasteiger charge is 2.28. The zero-order valence-corrected chi connectivity index (χ0v) is 11.4. The molecule has 1 heterocycles. The van der Waals surface area contributed by atoms with E-state index in [2.05, 4.69) is 10.3 Å². The monoisotopic (exact) mass is 278 g/mol. The Morgan fingerprint density at radius 3 is 2.71 bits per heavy atom. The van der Waals surface area contributed by atoms with Crippen LogP contribution in [-0.4, -0.2) is 10.9 Å². The quantitative estimate of drug-likeness (QED) is 0.789. The molecule has 21 heavy (non-hydrogen) atoms. The number of rotatable bonds is 3.